The third kappa shape index (κ3) is 3.81. The Kier molecular flexibility index (Phi) is 4.32. The molecule has 2 aromatic carbocycles. The molecule has 1 amide bonds. The predicted octanol–water partition coefficient (Wildman–Crippen LogP) is 4.86. The summed E-state index contributed by atoms with van der Waals surface area (Å²) in [5, 5.41) is 2.34. The van der Waals surface area contributed by atoms with Crippen molar-refractivity contribution in [3.63, 3.8) is 0 Å². The van der Waals surface area contributed by atoms with E-state index in [-0.39, 0.29) is 0 Å². The Bertz CT molecular complexity index is 685. The van der Waals surface area contributed by atoms with E-state index in [9.17, 15) is 22.4 Å². The monoisotopic (exact) mass is 361 g/mol. The normalized spacial score (nSPS) is 11.3. The van der Waals surface area contributed by atoms with Gasteiger partial charge in [-0.3, -0.25) is 4.79 Å². The van der Waals surface area contributed by atoms with Crippen LogP contribution in [0.4, 0.5) is 23.2 Å². The molecule has 0 saturated carbocycles. The van der Waals surface area contributed by atoms with Gasteiger partial charge >= 0.3 is 6.18 Å². The van der Waals surface area contributed by atoms with E-state index in [4.69, 9.17) is 0 Å². The van der Waals surface area contributed by atoms with Crippen molar-refractivity contribution in [3.8, 4) is 0 Å². The first-order chi connectivity index (χ1) is 9.77. The second kappa shape index (κ2) is 5.85. The van der Waals surface area contributed by atoms with E-state index in [1.54, 1.807) is 18.2 Å². The first-order valence-electron chi connectivity index (χ1n) is 5.71. The van der Waals surface area contributed by atoms with E-state index in [1.807, 2.05) is 0 Å². The van der Waals surface area contributed by atoms with Gasteiger partial charge in [-0.2, -0.15) is 13.2 Å². The molecule has 2 rings (SSSR count). The Morgan fingerprint density at radius 2 is 1.81 bits per heavy atom. The number of nitrogens with one attached hydrogen (secondary N) is 1. The van der Waals surface area contributed by atoms with Crippen molar-refractivity contribution in [2.45, 2.75) is 6.18 Å². The maximum atomic E-state index is 13.6. The average molecular weight is 362 g/mol. The Hall–Kier alpha value is -1.89. The van der Waals surface area contributed by atoms with Crippen LogP contribution in [-0.4, -0.2) is 5.91 Å². The highest BCUT2D eigenvalue weighted by atomic mass is 79.9. The SMILES string of the molecule is O=C(Nc1cccc(Br)c1)c1cc(C(F)(F)F)ccc1F. The van der Waals surface area contributed by atoms with Gasteiger partial charge in [0.1, 0.15) is 5.82 Å². The standard InChI is InChI=1S/C14H8BrF4NO/c15-9-2-1-3-10(7-9)20-13(21)11-6-8(14(17,18)19)4-5-12(11)16/h1-7H,(H,20,21). The molecule has 0 aliphatic heterocycles. The van der Waals surface area contributed by atoms with Crippen LogP contribution in [0, 0.1) is 5.82 Å². The molecule has 0 spiro atoms. The van der Waals surface area contributed by atoms with E-state index in [2.05, 4.69) is 21.2 Å². The summed E-state index contributed by atoms with van der Waals surface area (Å²) < 4.78 is 52.0. The average Bonchev–Trinajstić information content (AvgIpc) is 2.37. The van der Waals surface area contributed by atoms with Crippen LogP contribution in [0.25, 0.3) is 0 Å². The highest BCUT2D eigenvalue weighted by molar-refractivity contribution is 9.10. The molecule has 0 heterocycles. The molecular weight excluding hydrogens is 354 g/mol. The molecule has 0 radical (unpaired) electrons. The molecule has 2 nitrogen and oxygen atoms in total. The van der Waals surface area contributed by atoms with E-state index in [0.717, 1.165) is 0 Å². The number of carbonyl (C=O) groups excluding carboxylic acids is 1. The summed E-state index contributed by atoms with van der Waals surface area (Å²) in [6, 6.07) is 8.12. The topological polar surface area (TPSA) is 29.1 Å². The van der Waals surface area contributed by atoms with Crippen molar-refractivity contribution in [2.75, 3.05) is 5.32 Å². The zero-order valence-electron chi connectivity index (χ0n) is 10.3. The Balaban J connectivity index is 2.31. The second-order valence-electron chi connectivity index (χ2n) is 4.16. The Labute approximate surface area is 125 Å². The van der Waals surface area contributed by atoms with Crippen molar-refractivity contribution < 1.29 is 22.4 Å². The van der Waals surface area contributed by atoms with Gasteiger partial charge in [-0.1, -0.05) is 22.0 Å². The van der Waals surface area contributed by atoms with E-state index in [1.165, 1.54) is 6.07 Å². The molecule has 1 N–H and O–H groups in total. The quantitative estimate of drug-likeness (QED) is 0.760. The number of anilines is 1. The van der Waals surface area contributed by atoms with E-state index in [0.29, 0.717) is 28.4 Å². The van der Waals surface area contributed by atoms with Gasteiger partial charge in [-0.05, 0) is 36.4 Å². The number of halogens is 5. The molecule has 0 aliphatic rings. The third-order valence-corrected chi connectivity index (χ3v) is 3.11. The molecule has 0 fully saturated rings. The van der Waals surface area contributed by atoms with E-state index < -0.39 is 29.0 Å². The first kappa shape index (κ1) is 15.5. The summed E-state index contributed by atoms with van der Waals surface area (Å²) >= 11 is 3.19. The van der Waals surface area contributed by atoms with Gasteiger partial charge in [0.25, 0.3) is 5.91 Å². The number of alkyl halides is 3. The summed E-state index contributed by atoms with van der Waals surface area (Å²) in [6.07, 6.45) is -4.64. The molecule has 0 atom stereocenters. The molecule has 110 valence electrons. The number of amides is 1. The van der Waals surface area contributed by atoms with Crippen molar-refractivity contribution in [1.82, 2.24) is 0 Å². The van der Waals surface area contributed by atoms with Crippen LogP contribution in [-0.2, 0) is 6.18 Å². The van der Waals surface area contributed by atoms with Gasteiger partial charge in [0.05, 0.1) is 11.1 Å². The van der Waals surface area contributed by atoms with Gasteiger partial charge < -0.3 is 5.32 Å². The van der Waals surface area contributed by atoms with Crippen LogP contribution in [0.1, 0.15) is 15.9 Å². The van der Waals surface area contributed by atoms with Gasteiger partial charge in [0.15, 0.2) is 0 Å². The summed E-state index contributed by atoms with van der Waals surface area (Å²) in [7, 11) is 0. The van der Waals surface area contributed by atoms with Crippen LogP contribution in [0.5, 0.6) is 0 Å². The fourth-order valence-electron chi connectivity index (χ4n) is 1.64. The molecule has 0 aromatic heterocycles. The number of hydrogen-bond acceptors (Lipinski definition) is 1. The minimum Gasteiger partial charge on any atom is -0.322 e. The van der Waals surface area contributed by atoms with Crippen LogP contribution >= 0.6 is 15.9 Å². The number of rotatable bonds is 2. The van der Waals surface area contributed by atoms with Gasteiger partial charge in [-0.15, -0.1) is 0 Å². The molecule has 2 aromatic rings. The van der Waals surface area contributed by atoms with Crippen molar-refractivity contribution in [2.24, 2.45) is 0 Å². The van der Waals surface area contributed by atoms with Gasteiger partial charge in [-0.25, -0.2) is 4.39 Å². The smallest absolute Gasteiger partial charge is 0.322 e. The van der Waals surface area contributed by atoms with E-state index >= 15 is 0 Å². The fraction of sp³-hybridized carbons (Fsp3) is 0.0714. The molecule has 21 heavy (non-hydrogen) atoms. The summed E-state index contributed by atoms with van der Waals surface area (Å²) in [4.78, 5) is 11.9. The Morgan fingerprint density at radius 1 is 1.10 bits per heavy atom. The van der Waals surface area contributed by atoms with Gasteiger partial charge in [0.2, 0.25) is 0 Å². The highest BCUT2D eigenvalue weighted by Crippen LogP contribution is 2.30. The zero-order valence-corrected chi connectivity index (χ0v) is 11.9. The van der Waals surface area contributed by atoms with Crippen molar-refractivity contribution in [1.29, 1.82) is 0 Å². The lowest BCUT2D eigenvalue weighted by molar-refractivity contribution is -0.137. The van der Waals surface area contributed by atoms with Crippen molar-refractivity contribution in [3.05, 3.63) is 63.9 Å². The summed E-state index contributed by atoms with van der Waals surface area (Å²) in [6.45, 7) is 0. The van der Waals surface area contributed by atoms with Crippen LogP contribution < -0.4 is 5.32 Å². The maximum absolute atomic E-state index is 13.6. The number of benzene rings is 2. The lowest BCUT2D eigenvalue weighted by Gasteiger charge is -2.10. The first-order valence-corrected chi connectivity index (χ1v) is 6.50. The van der Waals surface area contributed by atoms with Crippen LogP contribution in [0.2, 0.25) is 0 Å². The molecule has 0 unspecified atom stereocenters. The molecular formula is C14H8BrF4NO. The summed E-state index contributed by atoms with van der Waals surface area (Å²) in [5.74, 6) is -1.97. The maximum Gasteiger partial charge on any atom is 0.416 e. The van der Waals surface area contributed by atoms with Crippen molar-refractivity contribution >= 4 is 27.5 Å². The molecule has 7 heteroatoms. The highest BCUT2D eigenvalue weighted by Gasteiger charge is 2.31. The number of carbonyl (C=O) groups is 1. The van der Waals surface area contributed by atoms with Crippen LogP contribution in [0.15, 0.2) is 46.9 Å². The molecule has 0 saturated heterocycles. The minimum absolute atomic E-state index is 0.339. The third-order valence-electron chi connectivity index (χ3n) is 2.62. The minimum atomic E-state index is -4.64. The largest absolute Gasteiger partial charge is 0.416 e. The fourth-order valence-corrected chi connectivity index (χ4v) is 2.04. The molecule has 0 aliphatic carbocycles. The predicted molar refractivity (Wildman–Crippen MR) is 73.5 cm³/mol. The van der Waals surface area contributed by atoms with Gasteiger partial charge in [0, 0.05) is 10.2 Å². The zero-order chi connectivity index (χ0) is 15.6. The Morgan fingerprint density at radius 3 is 2.43 bits per heavy atom. The second-order valence-corrected chi connectivity index (χ2v) is 5.07. The lowest BCUT2D eigenvalue weighted by atomic mass is 10.1. The summed E-state index contributed by atoms with van der Waals surface area (Å²) in [5.41, 5.74) is -1.40. The van der Waals surface area contributed by atoms with Crippen LogP contribution in [0.3, 0.4) is 0 Å². The molecule has 0 bridgehead atoms. The lowest BCUT2D eigenvalue weighted by Crippen LogP contribution is -2.16. The number of hydrogen-bond donors (Lipinski definition) is 1.